The number of rotatable bonds is 7. The molecule has 0 radical (unpaired) electrons. The highest BCUT2D eigenvalue weighted by molar-refractivity contribution is 5.97. The van der Waals surface area contributed by atoms with Gasteiger partial charge in [-0.05, 0) is 43.7 Å². The van der Waals surface area contributed by atoms with Gasteiger partial charge in [0.2, 0.25) is 0 Å². The van der Waals surface area contributed by atoms with Crippen LogP contribution in [-0.2, 0) is 4.79 Å². The molecule has 0 unspecified atom stereocenters. The second-order valence-corrected chi connectivity index (χ2v) is 6.68. The van der Waals surface area contributed by atoms with Crippen molar-refractivity contribution in [3.8, 4) is 0 Å². The number of benzene rings is 1. The molecule has 0 bridgehead atoms. The van der Waals surface area contributed by atoms with Crippen molar-refractivity contribution in [3.05, 3.63) is 29.8 Å². The van der Waals surface area contributed by atoms with Crippen LogP contribution < -0.4 is 15.5 Å². The van der Waals surface area contributed by atoms with E-state index in [0.29, 0.717) is 25.2 Å². The van der Waals surface area contributed by atoms with Crippen LogP contribution >= 0.6 is 0 Å². The molecule has 2 fully saturated rings. The molecule has 3 amide bonds. The molecule has 1 saturated heterocycles. The molecule has 8 nitrogen and oxygen atoms in total. The van der Waals surface area contributed by atoms with Crippen molar-refractivity contribution in [2.45, 2.75) is 31.8 Å². The molecule has 0 spiro atoms. The van der Waals surface area contributed by atoms with Crippen LogP contribution in [0.2, 0.25) is 0 Å². The van der Waals surface area contributed by atoms with Crippen molar-refractivity contribution >= 4 is 23.6 Å². The third-order valence-electron chi connectivity index (χ3n) is 5.01. The van der Waals surface area contributed by atoms with E-state index in [1.54, 1.807) is 29.2 Å². The second kappa shape index (κ2) is 7.74. The first-order valence-electron chi connectivity index (χ1n) is 8.90. The van der Waals surface area contributed by atoms with Gasteiger partial charge in [0.15, 0.2) is 0 Å². The Balaban J connectivity index is 1.50. The Labute approximate surface area is 152 Å². The smallest absolute Gasteiger partial charge is 0.321 e. The number of nitrogens with one attached hydrogen (secondary N) is 2. The Morgan fingerprint density at radius 3 is 2.54 bits per heavy atom. The van der Waals surface area contributed by atoms with Crippen molar-refractivity contribution in [1.29, 1.82) is 0 Å². The summed E-state index contributed by atoms with van der Waals surface area (Å²) in [6, 6.07) is 7.13. The normalized spacial score (nSPS) is 22.1. The van der Waals surface area contributed by atoms with Crippen LogP contribution in [0.1, 0.15) is 30.1 Å². The largest absolute Gasteiger partial charge is 0.480 e. The third-order valence-corrected chi connectivity index (χ3v) is 5.01. The van der Waals surface area contributed by atoms with E-state index < -0.39 is 5.97 Å². The molecule has 26 heavy (non-hydrogen) atoms. The van der Waals surface area contributed by atoms with Gasteiger partial charge in [0.05, 0.1) is 6.54 Å². The molecule has 1 heterocycles. The molecular formula is C18H24N4O4. The molecule has 3 N–H and O–H groups in total. The zero-order valence-corrected chi connectivity index (χ0v) is 14.8. The summed E-state index contributed by atoms with van der Waals surface area (Å²) in [7, 11) is 0. The Hall–Kier alpha value is -2.61. The lowest BCUT2D eigenvalue weighted by atomic mass is 9.85. The van der Waals surface area contributed by atoms with E-state index in [0.717, 1.165) is 18.5 Å². The molecule has 1 aromatic rings. The average Bonchev–Trinajstić information content (AvgIpc) is 3.01. The maximum Gasteiger partial charge on any atom is 0.321 e. The van der Waals surface area contributed by atoms with E-state index in [4.69, 9.17) is 5.11 Å². The van der Waals surface area contributed by atoms with Crippen LogP contribution in [0, 0.1) is 0 Å². The molecule has 3 rings (SSSR count). The van der Waals surface area contributed by atoms with Crippen LogP contribution in [0.3, 0.4) is 0 Å². The summed E-state index contributed by atoms with van der Waals surface area (Å²) in [4.78, 5) is 38.4. The predicted octanol–water partition coefficient (Wildman–Crippen LogP) is 0.884. The van der Waals surface area contributed by atoms with Crippen molar-refractivity contribution in [3.63, 3.8) is 0 Å². The number of hydrogen-bond acceptors (Lipinski definition) is 4. The lowest BCUT2D eigenvalue weighted by Crippen LogP contribution is -2.54. The predicted molar refractivity (Wildman–Crippen MR) is 96.3 cm³/mol. The monoisotopic (exact) mass is 360 g/mol. The minimum Gasteiger partial charge on any atom is -0.480 e. The molecule has 140 valence electrons. The average molecular weight is 360 g/mol. The topological polar surface area (TPSA) is 102 Å². The maximum atomic E-state index is 12.4. The fourth-order valence-electron chi connectivity index (χ4n) is 3.46. The van der Waals surface area contributed by atoms with Crippen LogP contribution in [0.5, 0.6) is 0 Å². The molecular weight excluding hydrogens is 336 g/mol. The number of amides is 3. The number of aliphatic carboxylic acids is 1. The van der Waals surface area contributed by atoms with Crippen molar-refractivity contribution in [2.24, 2.45) is 0 Å². The minimum absolute atomic E-state index is 0.0351. The number of likely N-dealkylation sites (N-methyl/N-ethyl adjacent to an activating group) is 1. The maximum absolute atomic E-state index is 12.4. The number of anilines is 1. The Kier molecular flexibility index (Phi) is 5.41. The Bertz CT molecular complexity index is 685. The van der Waals surface area contributed by atoms with Gasteiger partial charge in [0.25, 0.3) is 5.91 Å². The van der Waals surface area contributed by atoms with E-state index in [-0.39, 0.29) is 30.6 Å². The fraction of sp³-hybridized carbons (Fsp3) is 0.500. The minimum atomic E-state index is -0.828. The summed E-state index contributed by atoms with van der Waals surface area (Å²) in [5.74, 6) is -0.974. The van der Waals surface area contributed by atoms with E-state index in [9.17, 15) is 14.4 Å². The van der Waals surface area contributed by atoms with Crippen molar-refractivity contribution < 1.29 is 19.5 Å². The number of nitrogens with zero attached hydrogens (tertiary/aromatic N) is 2. The highest BCUT2D eigenvalue weighted by Crippen LogP contribution is 2.26. The van der Waals surface area contributed by atoms with Gasteiger partial charge in [-0.2, -0.15) is 0 Å². The lowest BCUT2D eigenvalue weighted by molar-refractivity contribution is -0.139. The molecule has 8 heteroatoms. The van der Waals surface area contributed by atoms with Crippen LogP contribution in [0.25, 0.3) is 0 Å². The van der Waals surface area contributed by atoms with Gasteiger partial charge in [0.1, 0.15) is 0 Å². The Morgan fingerprint density at radius 2 is 2.00 bits per heavy atom. The number of urea groups is 1. The summed E-state index contributed by atoms with van der Waals surface area (Å²) < 4.78 is 0. The summed E-state index contributed by atoms with van der Waals surface area (Å²) in [5.41, 5.74) is 1.32. The van der Waals surface area contributed by atoms with Crippen LogP contribution in [0.15, 0.2) is 24.3 Å². The molecule has 0 aromatic heterocycles. The number of carbonyl (C=O) groups excluding carboxylic acids is 2. The third kappa shape index (κ3) is 3.96. The van der Waals surface area contributed by atoms with Gasteiger partial charge < -0.3 is 15.7 Å². The van der Waals surface area contributed by atoms with E-state index in [1.165, 1.54) is 0 Å². The standard InChI is InChI=1S/C18H24N4O4/c1-2-21(11-16(23)24)15-9-13(10-15)20-17(25)12-3-5-14(6-4-12)22-8-7-19-18(22)26/h3-6,13,15H,2,7-11H2,1H3,(H,19,26)(H,20,25)(H,23,24). The van der Waals surface area contributed by atoms with Gasteiger partial charge >= 0.3 is 12.0 Å². The SMILES string of the molecule is CCN(CC(=O)O)C1CC(NC(=O)c2ccc(N3CCNC3=O)cc2)C1. The second-order valence-electron chi connectivity index (χ2n) is 6.68. The zero-order chi connectivity index (χ0) is 18.7. The van der Waals surface area contributed by atoms with E-state index in [1.807, 2.05) is 11.8 Å². The molecule has 1 aromatic carbocycles. The molecule has 1 aliphatic heterocycles. The van der Waals surface area contributed by atoms with Crippen molar-refractivity contribution in [2.75, 3.05) is 31.1 Å². The number of hydrogen-bond donors (Lipinski definition) is 3. The summed E-state index contributed by atoms with van der Waals surface area (Å²) in [6.45, 7) is 3.91. The summed E-state index contributed by atoms with van der Waals surface area (Å²) in [5, 5.41) is 14.7. The van der Waals surface area contributed by atoms with E-state index in [2.05, 4.69) is 10.6 Å². The first kappa shape index (κ1) is 18.2. The zero-order valence-electron chi connectivity index (χ0n) is 14.8. The van der Waals surface area contributed by atoms with Gasteiger partial charge in [-0.15, -0.1) is 0 Å². The molecule has 2 aliphatic rings. The quantitative estimate of drug-likeness (QED) is 0.670. The number of carboxylic acid groups (broad SMARTS) is 1. The fourth-order valence-corrected chi connectivity index (χ4v) is 3.46. The number of carbonyl (C=O) groups is 3. The highest BCUT2D eigenvalue weighted by Gasteiger charge is 2.34. The van der Waals surface area contributed by atoms with Crippen LogP contribution in [-0.4, -0.2) is 66.2 Å². The molecule has 1 aliphatic carbocycles. The van der Waals surface area contributed by atoms with Gasteiger partial charge in [-0.25, -0.2) is 4.79 Å². The number of carboxylic acids is 1. The van der Waals surface area contributed by atoms with Crippen molar-refractivity contribution in [1.82, 2.24) is 15.5 Å². The highest BCUT2D eigenvalue weighted by atomic mass is 16.4. The first-order chi connectivity index (χ1) is 12.5. The van der Waals surface area contributed by atoms with E-state index >= 15 is 0 Å². The molecule has 1 saturated carbocycles. The van der Waals surface area contributed by atoms with Gasteiger partial charge in [-0.1, -0.05) is 6.92 Å². The van der Waals surface area contributed by atoms with Crippen LogP contribution in [0.4, 0.5) is 10.5 Å². The summed E-state index contributed by atoms with van der Waals surface area (Å²) >= 11 is 0. The lowest BCUT2D eigenvalue weighted by Gasteiger charge is -2.42. The first-order valence-corrected chi connectivity index (χ1v) is 8.90. The van der Waals surface area contributed by atoms with Gasteiger partial charge in [-0.3, -0.25) is 19.4 Å². The molecule has 0 atom stereocenters. The Morgan fingerprint density at radius 1 is 1.31 bits per heavy atom. The van der Waals surface area contributed by atoms with Gasteiger partial charge in [0, 0.05) is 36.4 Å². The summed E-state index contributed by atoms with van der Waals surface area (Å²) in [6.07, 6.45) is 1.53.